The number of rotatable bonds is 5. The third-order valence-corrected chi connectivity index (χ3v) is 4.41. The average molecular weight is 317 g/mol. The molecule has 7 nitrogen and oxygen atoms in total. The molecule has 2 heterocycles. The summed E-state index contributed by atoms with van der Waals surface area (Å²) >= 11 is 0. The Kier molecular flexibility index (Phi) is 4.88. The lowest BCUT2D eigenvalue weighted by atomic mass is 9.90. The molecular formula is C16H23N5O2. The number of nitrogens with one attached hydrogen (secondary N) is 1. The van der Waals surface area contributed by atoms with Crippen LogP contribution >= 0.6 is 0 Å². The minimum atomic E-state index is -0.0914. The van der Waals surface area contributed by atoms with Gasteiger partial charge >= 0.3 is 0 Å². The van der Waals surface area contributed by atoms with Crippen LogP contribution in [0.25, 0.3) is 0 Å². The highest BCUT2D eigenvalue weighted by molar-refractivity contribution is 5.27. The lowest BCUT2D eigenvalue weighted by Gasteiger charge is -2.32. The van der Waals surface area contributed by atoms with Crippen molar-refractivity contribution in [2.75, 3.05) is 0 Å². The molecule has 7 heteroatoms. The monoisotopic (exact) mass is 317 g/mol. The predicted octanol–water partition coefficient (Wildman–Crippen LogP) is 1.45. The molecule has 0 bridgehead atoms. The second-order valence-electron chi connectivity index (χ2n) is 6.11. The largest absolute Gasteiger partial charge is 0.506 e. The Balaban J connectivity index is 1.70. The predicted molar refractivity (Wildman–Crippen MR) is 84.7 cm³/mol. The number of pyridine rings is 1. The van der Waals surface area contributed by atoms with Crippen LogP contribution in [0.1, 0.15) is 48.8 Å². The molecule has 0 spiro atoms. The van der Waals surface area contributed by atoms with Gasteiger partial charge in [0, 0.05) is 18.3 Å². The first-order chi connectivity index (χ1) is 11.2. The maximum atomic E-state index is 9.92. The quantitative estimate of drug-likeness (QED) is 0.772. The Morgan fingerprint density at radius 2 is 2.13 bits per heavy atom. The minimum absolute atomic E-state index is 0.0914. The molecule has 1 saturated carbocycles. The Bertz CT molecular complexity index is 658. The zero-order chi connectivity index (χ0) is 16.2. The van der Waals surface area contributed by atoms with Crippen LogP contribution in [0, 0.1) is 6.92 Å². The van der Waals surface area contributed by atoms with Crippen LogP contribution in [0.4, 0.5) is 0 Å². The molecule has 23 heavy (non-hydrogen) atoms. The lowest BCUT2D eigenvalue weighted by Crippen LogP contribution is -2.40. The number of aliphatic hydroxyl groups is 1. The van der Waals surface area contributed by atoms with Gasteiger partial charge in [0.25, 0.3) is 0 Å². The summed E-state index contributed by atoms with van der Waals surface area (Å²) in [7, 11) is 0. The summed E-state index contributed by atoms with van der Waals surface area (Å²) in [6, 6.07) is 3.94. The maximum absolute atomic E-state index is 9.92. The molecule has 0 aliphatic heterocycles. The third kappa shape index (κ3) is 3.68. The molecule has 124 valence electrons. The van der Waals surface area contributed by atoms with Gasteiger partial charge in [0.1, 0.15) is 11.4 Å². The first kappa shape index (κ1) is 15.9. The van der Waals surface area contributed by atoms with Crippen LogP contribution in [-0.2, 0) is 13.2 Å². The first-order valence-electron chi connectivity index (χ1n) is 8.08. The zero-order valence-electron chi connectivity index (χ0n) is 13.3. The van der Waals surface area contributed by atoms with Gasteiger partial charge in [0.2, 0.25) is 0 Å². The number of aryl methyl sites for hydroxylation is 1. The van der Waals surface area contributed by atoms with Crippen LogP contribution < -0.4 is 5.32 Å². The molecule has 1 aliphatic rings. The van der Waals surface area contributed by atoms with E-state index in [1.54, 1.807) is 12.1 Å². The van der Waals surface area contributed by atoms with Crippen molar-refractivity contribution in [3.8, 4) is 5.75 Å². The molecule has 2 atom stereocenters. The van der Waals surface area contributed by atoms with Crippen LogP contribution in [0.2, 0.25) is 0 Å². The Hall–Kier alpha value is -1.99. The van der Waals surface area contributed by atoms with Gasteiger partial charge in [0.15, 0.2) is 0 Å². The fourth-order valence-electron chi connectivity index (χ4n) is 3.17. The highest BCUT2D eigenvalue weighted by Gasteiger charge is 2.27. The molecule has 3 N–H and O–H groups in total. The van der Waals surface area contributed by atoms with Crippen molar-refractivity contribution < 1.29 is 10.2 Å². The number of nitrogens with zero attached hydrogens (tertiary/aromatic N) is 4. The van der Waals surface area contributed by atoms with Crippen molar-refractivity contribution in [3.05, 3.63) is 35.4 Å². The van der Waals surface area contributed by atoms with Gasteiger partial charge < -0.3 is 15.5 Å². The molecular weight excluding hydrogens is 294 g/mol. The third-order valence-electron chi connectivity index (χ3n) is 4.41. The summed E-state index contributed by atoms with van der Waals surface area (Å²) in [5.74, 6) is 0.221. The van der Waals surface area contributed by atoms with Gasteiger partial charge in [-0.15, -0.1) is 5.10 Å². The van der Waals surface area contributed by atoms with E-state index in [2.05, 4.69) is 20.6 Å². The van der Waals surface area contributed by atoms with E-state index in [0.29, 0.717) is 17.9 Å². The maximum Gasteiger partial charge on any atom is 0.138 e. The summed E-state index contributed by atoms with van der Waals surface area (Å²) in [5.41, 5.74) is 2.15. The first-order valence-corrected chi connectivity index (χ1v) is 8.08. The normalized spacial score (nSPS) is 21.5. The summed E-state index contributed by atoms with van der Waals surface area (Å²) < 4.78 is 1.85. The van der Waals surface area contributed by atoms with Crippen molar-refractivity contribution in [2.24, 2.45) is 0 Å². The van der Waals surface area contributed by atoms with E-state index < -0.39 is 0 Å². The molecule has 0 radical (unpaired) electrons. The van der Waals surface area contributed by atoms with E-state index >= 15 is 0 Å². The van der Waals surface area contributed by atoms with Crippen LogP contribution in [0.3, 0.4) is 0 Å². The van der Waals surface area contributed by atoms with E-state index in [1.165, 1.54) is 6.42 Å². The second kappa shape index (κ2) is 7.06. The van der Waals surface area contributed by atoms with E-state index in [-0.39, 0.29) is 24.4 Å². The number of hydrogen-bond acceptors (Lipinski definition) is 6. The molecule has 1 fully saturated rings. The van der Waals surface area contributed by atoms with E-state index in [1.807, 2.05) is 17.8 Å². The number of hydrogen-bond donors (Lipinski definition) is 3. The number of aliphatic hydroxyl groups excluding tert-OH is 1. The highest BCUT2D eigenvalue weighted by Crippen LogP contribution is 2.28. The molecule has 1 aliphatic carbocycles. The van der Waals surface area contributed by atoms with Crippen molar-refractivity contribution in [1.82, 2.24) is 25.3 Å². The number of aromatic nitrogens is 4. The van der Waals surface area contributed by atoms with E-state index in [0.717, 1.165) is 25.0 Å². The fraction of sp³-hybridized carbons (Fsp3) is 0.562. The average Bonchev–Trinajstić information content (AvgIpc) is 3.05. The van der Waals surface area contributed by atoms with Crippen molar-refractivity contribution >= 4 is 0 Å². The van der Waals surface area contributed by atoms with Gasteiger partial charge in [-0.1, -0.05) is 18.1 Å². The summed E-state index contributed by atoms with van der Waals surface area (Å²) in [4.78, 5) is 4.39. The summed E-state index contributed by atoms with van der Waals surface area (Å²) in [6.45, 7) is 2.35. The molecule has 2 aromatic heterocycles. The van der Waals surface area contributed by atoms with Crippen molar-refractivity contribution in [3.63, 3.8) is 0 Å². The second-order valence-corrected chi connectivity index (χ2v) is 6.11. The topological polar surface area (TPSA) is 96.1 Å². The molecule has 0 unspecified atom stereocenters. The van der Waals surface area contributed by atoms with Crippen LogP contribution in [-0.4, -0.2) is 36.2 Å². The lowest BCUT2D eigenvalue weighted by molar-refractivity contribution is 0.241. The van der Waals surface area contributed by atoms with Gasteiger partial charge in [-0.2, -0.15) is 0 Å². The Labute approximate surface area is 135 Å². The summed E-state index contributed by atoms with van der Waals surface area (Å²) in [6.07, 6.45) is 6.21. The summed E-state index contributed by atoms with van der Waals surface area (Å²) in [5, 5.41) is 30.7. The van der Waals surface area contributed by atoms with E-state index in [4.69, 9.17) is 5.11 Å². The Morgan fingerprint density at radius 1 is 1.30 bits per heavy atom. The SMILES string of the molecule is Cc1ccc(O)c(CN[C@H]2CCCC[C@H]2n2cc(CO)nn2)n1. The van der Waals surface area contributed by atoms with Gasteiger partial charge in [0.05, 0.1) is 24.5 Å². The van der Waals surface area contributed by atoms with Crippen molar-refractivity contribution in [2.45, 2.75) is 57.8 Å². The molecule has 0 saturated heterocycles. The zero-order valence-corrected chi connectivity index (χ0v) is 13.3. The molecule has 0 amide bonds. The molecule has 3 rings (SSSR count). The van der Waals surface area contributed by atoms with Crippen LogP contribution in [0.15, 0.2) is 18.3 Å². The van der Waals surface area contributed by atoms with Crippen molar-refractivity contribution in [1.29, 1.82) is 0 Å². The van der Waals surface area contributed by atoms with Crippen LogP contribution in [0.5, 0.6) is 5.75 Å². The minimum Gasteiger partial charge on any atom is -0.506 e. The fourth-order valence-corrected chi connectivity index (χ4v) is 3.17. The molecule has 2 aromatic rings. The van der Waals surface area contributed by atoms with E-state index in [9.17, 15) is 5.11 Å². The van der Waals surface area contributed by atoms with Gasteiger partial charge in [-0.05, 0) is 31.9 Å². The Morgan fingerprint density at radius 3 is 2.91 bits per heavy atom. The number of aromatic hydroxyl groups is 1. The smallest absolute Gasteiger partial charge is 0.138 e. The van der Waals surface area contributed by atoms with Gasteiger partial charge in [-0.25, -0.2) is 4.68 Å². The molecule has 0 aromatic carbocycles. The van der Waals surface area contributed by atoms with Gasteiger partial charge in [-0.3, -0.25) is 4.98 Å². The highest BCUT2D eigenvalue weighted by atomic mass is 16.3. The standard InChI is InChI=1S/C16H23N5O2/c1-11-6-7-16(23)14(18-11)8-17-13-4-2-3-5-15(13)21-9-12(10-22)19-20-21/h6-7,9,13,15,17,22-23H,2-5,8,10H2,1H3/t13-,15+/m0/s1.